The molecule has 2 aromatic carbocycles. The molecule has 0 aliphatic carbocycles. The van der Waals surface area contributed by atoms with Crippen LogP contribution in [0.4, 0.5) is 21.9 Å². The maximum atomic E-state index is 12.5. The molecule has 0 unspecified atom stereocenters. The van der Waals surface area contributed by atoms with Crippen molar-refractivity contribution in [1.29, 1.82) is 0 Å². The third-order valence-corrected chi connectivity index (χ3v) is 6.21. The van der Waals surface area contributed by atoms with Gasteiger partial charge in [0, 0.05) is 49.1 Å². The molecule has 2 heterocycles. The molecule has 176 valence electrons. The lowest BCUT2D eigenvalue weighted by Gasteiger charge is -2.41. The van der Waals surface area contributed by atoms with Crippen molar-refractivity contribution in [2.45, 2.75) is 38.3 Å². The Morgan fingerprint density at radius 2 is 1.91 bits per heavy atom. The maximum absolute atomic E-state index is 12.5. The zero-order valence-corrected chi connectivity index (χ0v) is 18.5. The lowest BCUT2D eigenvalue weighted by molar-refractivity contribution is 0.0952. The number of unbranched alkanes of at least 4 members (excludes halogenated alkanes) is 1. The van der Waals surface area contributed by atoms with Crippen LogP contribution in [-0.2, 0) is 11.3 Å². The summed E-state index contributed by atoms with van der Waals surface area (Å²) in [5, 5.41) is 23.3. The van der Waals surface area contributed by atoms with Crippen molar-refractivity contribution in [2.75, 3.05) is 41.5 Å². The number of carbonyl (C=O) groups excluding carboxylic acids is 2. The number of aliphatic hydroxyl groups excluding tert-OH is 1. The number of hydrogen-bond donors (Lipinski definition) is 3. The van der Waals surface area contributed by atoms with Gasteiger partial charge in [0.2, 0.25) is 0 Å². The van der Waals surface area contributed by atoms with E-state index in [4.69, 9.17) is 9.84 Å². The monoisotopic (exact) mass is 453 g/mol. The van der Waals surface area contributed by atoms with Crippen molar-refractivity contribution in [2.24, 2.45) is 0 Å². The highest BCUT2D eigenvalue weighted by Gasteiger charge is 2.34. The standard InChI is InChI=1S/C24H29N4O5/c29-14-4-3-11-25-23(30)17-7-8-22(20(15-17)26-32)27-12-9-19(10-13-27)28-21-6-2-1-5-18(21)16-33-24(28)31/h1-2,5-8,15,19,26,29H,3-4,9-14,16H2,(H,25,30)/q-1. The molecule has 0 saturated carbocycles. The van der Waals surface area contributed by atoms with Crippen LogP contribution >= 0.6 is 0 Å². The molecule has 0 aromatic heterocycles. The second-order valence-corrected chi connectivity index (χ2v) is 8.29. The molecule has 0 bridgehead atoms. The van der Waals surface area contributed by atoms with Crippen molar-refractivity contribution < 1.29 is 19.4 Å². The van der Waals surface area contributed by atoms with Gasteiger partial charge in [0.05, 0.1) is 11.4 Å². The first-order valence-electron chi connectivity index (χ1n) is 11.3. The van der Waals surface area contributed by atoms with Crippen molar-refractivity contribution >= 4 is 29.1 Å². The Bertz CT molecular complexity index is 991. The molecule has 4 rings (SSSR count). The molecule has 2 aromatic rings. The second kappa shape index (κ2) is 10.5. The van der Waals surface area contributed by atoms with E-state index in [2.05, 4.69) is 10.2 Å². The molecule has 33 heavy (non-hydrogen) atoms. The number of piperidine rings is 1. The van der Waals surface area contributed by atoms with Crippen molar-refractivity contribution in [3.05, 3.63) is 58.8 Å². The summed E-state index contributed by atoms with van der Waals surface area (Å²) in [7, 11) is 0. The number of benzene rings is 2. The zero-order valence-electron chi connectivity index (χ0n) is 18.5. The fourth-order valence-electron chi connectivity index (χ4n) is 4.46. The van der Waals surface area contributed by atoms with Crippen molar-refractivity contribution in [3.8, 4) is 0 Å². The van der Waals surface area contributed by atoms with Gasteiger partial charge >= 0.3 is 6.09 Å². The maximum Gasteiger partial charge on any atom is 0.414 e. The van der Waals surface area contributed by atoms with Gasteiger partial charge in [0.1, 0.15) is 6.61 Å². The van der Waals surface area contributed by atoms with Crippen LogP contribution in [0.2, 0.25) is 0 Å². The molecule has 0 spiro atoms. The number of aliphatic hydroxyl groups is 1. The smallest absolute Gasteiger partial charge is 0.414 e. The van der Waals surface area contributed by atoms with Gasteiger partial charge in [-0.05, 0) is 49.9 Å². The number of rotatable bonds is 8. The largest absolute Gasteiger partial charge is 0.761 e. The Labute approximate surface area is 192 Å². The lowest BCUT2D eigenvalue weighted by atomic mass is 9.99. The molecule has 0 atom stereocenters. The van der Waals surface area contributed by atoms with Crippen molar-refractivity contribution in [3.63, 3.8) is 0 Å². The number of fused-ring (bicyclic) bond motifs is 1. The summed E-state index contributed by atoms with van der Waals surface area (Å²) in [6, 6.07) is 12.9. The molecule has 1 saturated heterocycles. The van der Waals surface area contributed by atoms with Gasteiger partial charge < -0.3 is 30.7 Å². The summed E-state index contributed by atoms with van der Waals surface area (Å²) < 4.78 is 5.37. The molecular weight excluding hydrogens is 424 g/mol. The van der Waals surface area contributed by atoms with E-state index in [9.17, 15) is 14.8 Å². The van der Waals surface area contributed by atoms with Gasteiger partial charge in [0.15, 0.2) is 0 Å². The Morgan fingerprint density at radius 1 is 1.12 bits per heavy atom. The van der Waals surface area contributed by atoms with E-state index in [1.807, 2.05) is 29.7 Å². The highest BCUT2D eigenvalue weighted by molar-refractivity contribution is 5.96. The van der Waals surface area contributed by atoms with Gasteiger partial charge in [-0.2, -0.15) is 0 Å². The zero-order chi connectivity index (χ0) is 23.2. The normalized spacial score (nSPS) is 16.2. The Balaban J connectivity index is 1.41. The van der Waals surface area contributed by atoms with Crippen LogP contribution in [0.5, 0.6) is 0 Å². The van der Waals surface area contributed by atoms with Crippen LogP contribution in [0.1, 0.15) is 41.6 Å². The van der Waals surface area contributed by atoms with E-state index >= 15 is 0 Å². The fourth-order valence-corrected chi connectivity index (χ4v) is 4.46. The SMILES string of the molecule is O=C(NCCCCO)c1ccc(N2CCC(N3C(=O)OCc4ccccc43)CC2)c(N[O-])c1. The summed E-state index contributed by atoms with van der Waals surface area (Å²) in [5.74, 6) is -0.253. The number of carbonyl (C=O) groups is 2. The molecule has 3 N–H and O–H groups in total. The van der Waals surface area contributed by atoms with Crippen molar-refractivity contribution in [1.82, 2.24) is 5.32 Å². The van der Waals surface area contributed by atoms with Crippen LogP contribution in [0.15, 0.2) is 42.5 Å². The van der Waals surface area contributed by atoms with E-state index in [1.165, 1.54) is 0 Å². The third-order valence-electron chi connectivity index (χ3n) is 6.21. The average molecular weight is 454 g/mol. The highest BCUT2D eigenvalue weighted by Crippen LogP contribution is 2.34. The lowest BCUT2D eigenvalue weighted by Crippen LogP contribution is -2.49. The molecule has 2 aliphatic heterocycles. The molecule has 0 radical (unpaired) electrons. The summed E-state index contributed by atoms with van der Waals surface area (Å²) >= 11 is 0. The minimum absolute atomic E-state index is 0.0165. The van der Waals surface area contributed by atoms with Crippen LogP contribution < -0.4 is 20.6 Å². The summed E-state index contributed by atoms with van der Waals surface area (Å²) in [4.78, 5) is 28.7. The van der Waals surface area contributed by atoms with Crippen LogP contribution in [0.3, 0.4) is 0 Å². The number of nitrogens with one attached hydrogen (secondary N) is 2. The number of ether oxygens (including phenoxy) is 1. The first-order valence-corrected chi connectivity index (χ1v) is 11.3. The van der Waals surface area contributed by atoms with Gasteiger partial charge in [0.25, 0.3) is 5.91 Å². The minimum Gasteiger partial charge on any atom is -0.761 e. The number of hydrogen-bond acceptors (Lipinski definition) is 7. The second-order valence-electron chi connectivity index (χ2n) is 8.29. The van der Waals surface area contributed by atoms with E-state index in [0.29, 0.717) is 50.3 Å². The molecule has 9 heteroatoms. The Kier molecular flexibility index (Phi) is 7.31. The van der Waals surface area contributed by atoms with E-state index in [1.54, 1.807) is 23.1 Å². The van der Waals surface area contributed by atoms with Gasteiger partial charge in [-0.1, -0.05) is 18.2 Å². The molecular formula is C24H29N4O5-. The number of para-hydroxylation sites is 1. The molecule has 2 amide bonds. The topological polar surface area (TPSA) is 117 Å². The average Bonchev–Trinajstić information content (AvgIpc) is 2.86. The molecule has 2 aliphatic rings. The molecule has 9 nitrogen and oxygen atoms in total. The summed E-state index contributed by atoms with van der Waals surface area (Å²) in [6.07, 6.45) is 2.47. The van der Waals surface area contributed by atoms with Crippen LogP contribution in [-0.4, -0.2) is 49.4 Å². The number of amides is 2. The Hall–Kier alpha value is -3.30. The first-order chi connectivity index (χ1) is 16.1. The van der Waals surface area contributed by atoms with Gasteiger partial charge in [-0.15, -0.1) is 0 Å². The van der Waals surface area contributed by atoms with Crippen LogP contribution in [0, 0.1) is 5.21 Å². The highest BCUT2D eigenvalue weighted by atomic mass is 16.6. The minimum atomic E-state index is -0.316. The number of anilines is 3. The Morgan fingerprint density at radius 3 is 2.67 bits per heavy atom. The number of cyclic esters (lactones) is 1. The number of nitrogens with zero attached hydrogens (tertiary/aromatic N) is 2. The van der Waals surface area contributed by atoms with E-state index in [-0.39, 0.29) is 24.6 Å². The first kappa shape index (κ1) is 22.9. The quantitative estimate of drug-likeness (QED) is 0.415. The van der Waals surface area contributed by atoms with Gasteiger partial charge in [-0.3, -0.25) is 9.69 Å². The summed E-state index contributed by atoms with van der Waals surface area (Å²) in [5.41, 5.74) is 5.37. The van der Waals surface area contributed by atoms with Gasteiger partial charge in [-0.25, -0.2) is 4.79 Å². The van der Waals surface area contributed by atoms with Crippen LogP contribution in [0.25, 0.3) is 0 Å². The third kappa shape index (κ3) is 5.04. The fraction of sp³-hybridized carbons (Fsp3) is 0.417. The van der Waals surface area contributed by atoms with E-state index < -0.39 is 0 Å². The van der Waals surface area contributed by atoms with E-state index in [0.717, 1.165) is 29.8 Å². The predicted octanol–water partition coefficient (Wildman–Crippen LogP) is 3.22. The summed E-state index contributed by atoms with van der Waals surface area (Å²) in [6.45, 7) is 2.19. The predicted molar refractivity (Wildman–Crippen MR) is 126 cm³/mol. The molecule has 1 fully saturated rings.